The van der Waals surface area contributed by atoms with Crippen molar-refractivity contribution in [2.45, 2.75) is 103 Å². The molecule has 330 valence electrons. The lowest BCUT2D eigenvalue weighted by atomic mass is 9.81. The number of aromatic nitrogens is 4. The average Bonchev–Trinajstić information content (AvgIpc) is 3.93. The van der Waals surface area contributed by atoms with Crippen LogP contribution in [0.25, 0.3) is 22.5 Å². The highest BCUT2D eigenvalue weighted by molar-refractivity contribution is 6.33. The van der Waals surface area contributed by atoms with E-state index in [0.717, 1.165) is 29.5 Å². The van der Waals surface area contributed by atoms with Crippen molar-refractivity contribution in [1.29, 1.82) is 0 Å². The molecule has 0 bridgehead atoms. The first-order valence-corrected chi connectivity index (χ1v) is 21.4. The second-order valence-electron chi connectivity index (χ2n) is 17.9. The molecule has 1 aliphatic heterocycles. The van der Waals surface area contributed by atoms with Gasteiger partial charge in [0.05, 0.1) is 0 Å². The van der Waals surface area contributed by atoms with Crippen LogP contribution in [0.4, 0.5) is 15.3 Å². The Balaban J connectivity index is 1.08. The maximum absolute atomic E-state index is 13.9. The second-order valence-corrected chi connectivity index (χ2v) is 18.4. The van der Waals surface area contributed by atoms with Gasteiger partial charge in [-0.1, -0.05) is 41.9 Å². The summed E-state index contributed by atoms with van der Waals surface area (Å²) < 4.78 is 10.8. The Kier molecular flexibility index (Phi) is 14.5. The fraction of sp³-hybridized carbons (Fsp3) is 0.467. The van der Waals surface area contributed by atoms with Gasteiger partial charge in [-0.15, -0.1) is 10.2 Å². The van der Waals surface area contributed by atoms with E-state index in [4.69, 9.17) is 21.1 Å². The van der Waals surface area contributed by atoms with Crippen molar-refractivity contribution in [3.63, 3.8) is 0 Å². The minimum Gasteiger partial charge on any atom is -0.444 e. The van der Waals surface area contributed by atoms with Crippen LogP contribution >= 0.6 is 11.6 Å². The molecule has 5 amide bonds. The second kappa shape index (κ2) is 19.8. The normalized spacial score (nSPS) is 18.3. The summed E-state index contributed by atoms with van der Waals surface area (Å²) in [6.07, 6.45) is 2.73. The van der Waals surface area contributed by atoms with E-state index in [1.165, 1.54) is 0 Å². The standard InChI is InChI=1S/C45H56ClN9O7/c1-44(2,3)61-42(59)47-25-28-9-13-31(14-10-28)39(56)50-37(41(58)48-33-18-15-30(16-19-33)38-51-53-54-52-38)23-27-7-11-29(12-8-27)35-20-17-32(24-36(35)46)40(57)49-34-21-22-55(26-34)43(60)62-45(4,5)6/h7-8,11-12,15-20,24,28,31,34,37H,9-10,13-14,21-23,25-26H2,1-6H3,(H,47,59)(H,48,58)(H,49,57)(H,50,56)(H,51,52,53,54)/t28?,31?,34-,37+/m1/s1. The van der Waals surface area contributed by atoms with Gasteiger partial charge in [-0.05, 0) is 132 Å². The number of aromatic amines is 1. The molecule has 0 spiro atoms. The molecular weight excluding hydrogens is 814 g/mol. The number of nitrogens with zero attached hydrogens (tertiary/aromatic N) is 4. The summed E-state index contributed by atoms with van der Waals surface area (Å²) in [6, 6.07) is 18.6. The summed E-state index contributed by atoms with van der Waals surface area (Å²) in [5, 5.41) is 26.2. The van der Waals surface area contributed by atoms with Gasteiger partial charge in [0.15, 0.2) is 0 Å². The number of nitrogens with one attached hydrogen (secondary N) is 5. The number of amides is 5. The molecule has 6 rings (SSSR count). The van der Waals surface area contributed by atoms with E-state index < -0.39 is 29.4 Å². The highest BCUT2D eigenvalue weighted by Gasteiger charge is 2.32. The maximum atomic E-state index is 13.9. The van der Waals surface area contributed by atoms with Crippen molar-refractivity contribution >= 4 is 47.2 Å². The monoisotopic (exact) mass is 869 g/mol. The third-order valence-electron chi connectivity index (χ3n) is 10.7. The maximum Gasteiger partial charge on any atom is 0.410 e. The number of ether oxygens (including phenoxy) is 2. The lowest BCUT2D eigenvalue weighted by Crippen LogP contribution is -2.48. The molecule has 17 heteroatoms. The Morgan fingerprint density at radius 3 is 2.16 bits per heavy atom. The third-order valence-corrected chi connectivity index (χ3v) is 11.0. The topological polar surface area (TPSA) is 210 Å². The lowest BCUT2D eigenvalue weighted by Gasteiger charge is -2.29. The fourth-order valence-corrected chi connectivity index (χ4v) is 7.76. The Labute approximate surface area is 366 Å². The van der Waals surface area contributed by atoms with Crippen LogP contribution < -0.4 is 21.3 Å². The number of alkyl carbamates (subject to hydrolysis) is 1. The van der Waals surface area contributed by atoms with Crippen LogP contribution in [0.3, 0.4) is 0 Å². The summed E-state index contributed by atoms with van der Waals surface area (Å²) in [4.78, 5) is 67.0. The first kappa shape index (κ1) is 45.5. The number of halogens is 1. The molecule has 1 aromatic heterocycles. The van der Waals surface area contributed by atoms with Gasteiger partial charge in [0.2, 0.25) is 17.6 Å². The van der Waals surface area contributed by atoms with E-state index in [1.807, 2.05) is 65.8 Å². The number of anilines is 1. The first-order chi connectivity index (χ1) is 29.4. The van der Waals surface area contributed by atoms with E-state index in [0.29, 0.717) is 66.6 Å². The van der Waals surface area contributed by atoms with Gasteiger partial charge >= 0.3 is 12.2 Å². The van der Waals surface area contributed by atoms with Gasteiger partial charge in [-0.25, -0.2) is 9.59 Å². The van der Waals surface area contributed by atoms with Gasteiger partial charge < -0.3 is 35.6 Å². The predicted molar refractivity (Wildman–Crippen MR) is 234 cm³/mol. The zero-order valence-corrected chi connectivity index (χ0v) is 36.8. The molecule has 4 aromatic rings. The minimum atomic E-state index is -0.894. The van der Waals surface area contributed by atoms with Crippen LogP contribution in [0.2, 0.25) is 5.02 Å². The number of H-pyrrole nitrogens is 1. The third kappa shape index (κ3) is 13.0. The largest absolute Gasteiger partial charge is 0.444 e. The van der Waals surface area contributed by atoms with Crippen molar-refractivity contribution in [2.75, 3.05) is 25.0 Å². The molecule has 1 saturated heterocycles. The van der Waals surface area contributed by atoms with E-state index >= 15 is 0 Å². The van der Waals surface area contributed by atoms with Crippen LogP contribution in [-0.2, 0) is 25.5 Å². The van der Waals surface area contributed by atoms with Crippen LogP contribution in [0.1, 0.15) is 89.6 Å². The van der Waals surface area contributed by atoms with Gasteiger partial charge in [-0.3, -0.25) is 14.4 Å². The molecule has 1 saturated carbocycles. The van der Waals surface area contributed by atoms with Gasteiger partial charge in [0, 0.05) is 65.4 Å². The van der Waals surface area contributed by atoms with Crippen LogP contribution in [0.5, 0.6) is 0 Å². The van der Waals surface area contributed by atoms with Gasteiger partial charge in [-0.2, -0.15) is 5.21 Å². The van der Waals surface area contributed by atoms with Crippen molar-refractivity contribution in [1.82, 2.24) is 41.5 Å². The Morgan fingerprint density at radius 2 is 1.53 bits per heavy atom. The minimum absolute atomic E-state index is 0.197. The lowest BCUT2D eigenvalue weighted by molar-refractivity contribution is -0.130. The number of hydrogen-bond acceptors (Lipinski definition) is 10. The molecule has 3 aromatic carbocycles. The molecule has 2 aliphatic rings. The zero-order valence-electron chi connectivity index (χ0n) is 36.0. The van der Waals surface area contributed by atoms with Crippen LogP contribution in [0, 0.1) is 11.8 Å². The van der Waals surface area contributed by atoms with Gasteiger partial charge in [0.25, 0.3) is 5.91 Å². The molecule has 2 atom stereocenters. The molecule has 5 N–H and O–H groups in total. The van der Waals surface area contributed by atoms with E-state index in [9.17, 15) is 24.0 Å². The van der Waals surface area contributed by atoms with Gasteiger partial charge in [0.1, 0.15) is 17.2 Å². The zero-order chi connectivity index (χ0) is 44.6. The molecule has 16 nitrogen and oxygen atoms in total. The molecule has 0 unspecified atom stereocenters. The Bertz CT molecular complexity index is 2200. The summed E-state index contributed by atoms with van der Waals surface area (Å²) in [5.74, 6) is -0.506. The summed E-state index contributed by atoms with van der Waals surface area (Å²) >= 11 is 6.74. The first-order valence-electron chi connectivity index (χ1n) is 21.0. The van der Waals surface area contributed by atoms with E-state index in [1.54, 1.807) is 47.4 Å². The molecule has 0 radical (unpaired) electrons. The molecule has 2 heterocycles. The average molecular weight is 870 g/mol. The van der Waals surface area contributed by atoms with Crippen molar-refractivity contribution in [3.05, 3.63) is 82.9 Å². The quantitative estimate of drug-likeness (QED) is 0.0992. The molecule has 62 heavy (non-hydrogen) atoms. The molecule has 2 fully saturated rings. The smallest absolute Gasteiger partial charge is 0.410 e. The van der Waals surface area contributed by atoms with Crippen LogP contribution in [-0.4, -0.2) is 98.4 Å². The summed E-state index contributed by atoms with van der Waals surface area (Å²) in [5.41, 5.74) is 2.79. The van der Waals surface area contributed by atoms with Crippen molar-refractivity contribution in [2.24, 2.45) is 11.8 Å². The number of likely N-dealkylation sites (tertiary alicyclic amines) is 1. The van der Waals surface area contributed by atoms with Crippen molar-refractivity contribution in [3.8, 4) is 22.5 Å². The molecule has 1 aliphatic carbocycles. The van der Waals surface area contributed by atoms with Crippen LogP contribution in [0.15, 0.2) is 66.7 Å². The SMILES string of the molecule is CC(C)(C)OC(=O)NCC1CCC(C(=O)N[C@@H](Cc2ccc(-c3ccc(C(=O)N[C@@H]4CCN(C(=O)OC(C)(C)C)C4)cc3Cl)cc2)C(=O)Nc2ccc(-c3nn[nH]n3)cc2)CC1. The fourth-order valence-electron chi connectivity index (χ4n) is 7.47. The number of benzene rings is 3. The van der Waals surface area contributed by atoms with E-state index in [-0.39, 0.29) is 42.0 Å². The Morgan fingerprint density at radius 1 is 0.855 bits per heavy atom. The predicted octanol–water partition coefficient (Wildman–Crippen LogP) is 6.92. The Hall–Kier alpha value is -6.03. The highest BCUT2D eigenvalue weighted by atomic mass is 35.5. The summed E-state index contributed by atoms with van der Waals surface area (Å²) in [6.45, 7) is 12.2. The number of carbonyl (C=O) groups is 5. The number of carbonyl (C=O) groups excluding carboxylic acids is 5. The highest BCUT2D eigenvalue weighted by Crippen LogP contribution is 2.31. The van der Waals surface area contributed by atoms with Crippen molar-refractivity contribution < 1.29 is 33.4 Å². The summed E-state index contributed by atoms with van der Waals surface area (Å²) in [7, 11) is 0. The number of rotatable bonds is 12. The molecular formula is C45H56ClN9O7. The number of hydrogen-bond donors (Lipinski definition) is 5. The van der Waals surface area contributed by atoms with E-state index in [2.05, 4.69) is 41.9 Å². The number of tetrazole rings is 1.